The summed E-state index contributed by atoms with van der Waals surface area (Å²) in [6.07, 6.45) is 3.55. The first-order chi connectivity index (χ1) is 13.8. The minimum Gasteiger partial charge on any atom is -0.495 e. The van der Waals surface area contributed by atoms with E-state index in [0.717, 1.165) is 28.3 Å². The molecule has 2 aromatic carbocycles. The molecule has 0 spiro atoms. The number of fused-ring (bicyclic) bond motifs is 1. The quantitative estimate of drug-likeness (QED) is 0.540. The van der Waals surface area contributed by atoms with Crippen LogP contribution >= 0.6 is 0 Å². The number of nitrogens with one attached hydrogen (secondary N) is 2. The molecule has 0 fully saturated rings. The molecule has 0 aliphatic carbocycles. The molecule has 0 saturated carbocycles. The van der Waals surface area contributed by atoms with E-state index in [0.29, 0.717) is 11.3 Å². The third-order valence-corrected chi connectivity index (χ3v) is 4.35. The number of rotatable bonds is 4. The van der Waals surface area contributed by atoms with Crippen LogP contribution in [0.3, 0.4) is 0 Å². The first-order valence-corrected chi connectivity index (χ1v) is 8.81. The fraction of sp³-hybridized carbons (Fsp3) is 0.0870. The predicted molar refractivity (Wildman–Crippen MR) is 109 cm³/mol. The van der Waals surface area contributed by atoms with E-state index in [9.17, 15) is 4.79 Å². The molecule has 3 aromatic rings. The Balaban J connectivity index is 1.63. The van der Waals surface area contributed by atoms with Crippen molar-refractivity contribution in [1.82, 2.24) is 4.98 Å². The number of para-hydroxylation sites is 1. The van der Waals surface area contributed by atoms with Crippen LogP contribution in [0.5, 0.6) is 11.5 Å². The molecule has 138 valence electrons. The Bertz CT molecular complexity index is 1100. The highest BCUT2D eigenvalue weighted by Gasteiger charge is 2.26. The van der Waals surface area contributed by atoms with E-state index in [1.807, 2.05) is 54.6 Å². The van der Waals surface area contributed by atoms with Crippen molar-refractivity contribution in [2.45, 2.75) is 0 Å². The molecule has 2 N–H and O–H groups in total. The highest BCUT2D eigenvalue weighted by atomic mass is 16.5. The van der Waals surface area contributed by atoms with Gasteiger partial charge >= 0.3 is 0 Å². The number of aromatic amines is 1. The lowest BCUT2D eigenvalue weighted by molar-refractivity contribution is -0.110. The molecule has 5 heteroatoms. The van der Waals surface area contributed by atoms with Crippen LogP contribution in [0.15, 0.2) is 60.8 Å². The van der Waals surface area contributed by atoms with Gasteiger partial charge in [-0.15, -0.1) is 0 Å². The molecule has 28 heavy (non-hydrogen) atoms. The number of carbonyl (C=O) groups is 1. The number of methoxy groups -OCH3 is 1. The Morgan fingerprint density at radius 2 is 1.93 bits per heavy atom. The van der Waals surface area contributed by atoms with E-state index in [1.54, 1.807) is 19.4 Å². The minimum absolute atomic E-state index is 0.165. The number of benzene rings is 2. The fourth-order valence-electron chi connectivity index (χ4n) is 3.06. The second kappa shape index (κ2) is 7.77. The van der Waals surface area contributed by atoms with Gasteiger partial charge < -0.3 is 19.8 Å². The summed E-state index contributed by atoms with van der Waals surface area (Å²) in [7, 11) is 1.59. The van der Waals surface area contributed by atoms with Crippen molar-refractivity contribution >= 4 is 23.2 Å². The summed E-state index contributed by atoms with van der Waals surface area (Å²) in [6.45, 7) is 0.262. The third kappa shape index (κ3) is 3.49. The second-order valence-electron chi connectivity index (χ2n) is 6.10. The largest absolute Gasteiger partial charge is 0.495 e. The van der Waals surface area contributed by atoms with Gasteiger partial charge in [-0.2, -0.15) is 0 Å². The molecular weight excluding hydrogens is 352 g/mol. The smallest absolute Gasteiger partial charge is 0.256 e. The molecule has 0 unspecified atom stereocenters. The molecule has 0 atom stereocenters. The van der Waals surface area contributed by atoms with Crippen LogP contribution in [0.25, 0.3) is 11.6 Å². The fourth-order valence-corrected chi connectivity index (χ4v) is 3.06. The summed E-state index contributed by atoms with van der Waals surface area (Å²) in [5, 5.41) is 2.89. The van der Waals surface area contributed by atoms with Gasteiger partial charge in [-0.05, 0) is 36.4 Å². The summed E-state index contributed by atoms with van der Waals surface area (Å²) in [5.74, 6) is 7.43. The van der Waals surface area contributed by atoms with E-state index in [4.69, 9.17) is 9.47 Å². The van der Waals surface area contributed by atoms with Crippen molar-refractivity contribution in [1.29, 1.82) is 0 Å². The van der Waals surface area contributed by atoms with Gasteiger partial charge in [0.2, 0.25) is 0 Å². The van der Waals surface area contributed by atoms with E-state index >= 15 is 0 Å². The number of anilines is 1. The first kappa shape index (κ1) is 17.5. The Morgan fingerprint density at radius 3 is 2.75 bits per heavy atom. The van der Waals surface area contributed by atoms with Gasteiger partial charge in [0.25, 0.3) is 5.91 Å². The van der Waals surface area contributed by atoms with Gasteiger partial charge in [0.05, 0.1) is 24.1 Å². The zero-order valence-corrected chi connectivity index (χ0v) is 15.3. The van der Waals surface area contributed by atoms with Crippen molar-refractivity contribution < 1.29 is 14.3 Å². The molecule has 0 saturated heterocycles. The lowest BCUT2D eigenvalue weighted by Crippen LogP contribution is -2.03. The van der Waals surface area contributed by atoms with Crippen LogP contribution in [0.4, 0.5) is 5.69 Å². The van der Waals surface area contributed by atoms with E-state index in [-0.39, 0.29) is 12.5 Å². The molecule has 1 aliphatic rings. The zero-order chi connectivity index (χ0) is 19.3. The Labute approximate surface area is 163 Å². The molecule has 1 aliphatic heterocycles. The summed E-state index contributed by atoms with van der Waals surface area (Å²) < 4.78 is 10.9. The second-order valence-corrected chi connectivity index (χ2v) is 6.10. The van der Waals surface area contributed by atoms with Crippen LogP contribution in [0, 0.1) is 11.8 Å². The number of hydrogen-bond acceptors (Lipinski definition) is 3. The highest BCUT2D eigenvalue weighted by molar-refractivity contribution is 6.35. The van der Waals surface area contributed by atoms with Gasteiger partial charge in [0, 0.05) is 17.3 Å². The molecular formula is C23H18N2O3. The normalized spacial score (nSPS) is 13.5. The molecule has 4 rings (SSSR count). The van der Waals surface area contributed by atoms with Gasteiger partial charge in [-0.1, -0.05) is 36.1 Å². The third-order valence-electron chi connectivity index (χ3n) is 4.35. The van der Waals surface area contributed by atoms with Gasteiger partial charge in [0.1, 0.15) is 18.1 Å². The number of aromatic nitrogens is 1. The standard InChI is InChI=1S/C23H18N2O3/c1-27-21-12-13-24-20(21)15-18-22-16(7-5-11-19(22)25-23(18)26)8-6-14-28-17-9-3-2-4-10-17/h2-5,7,9-13,15,24H,14H2,1H3,(H,25,26). The van der Waals surface area contributed by atoms with Gasteiger partial charge in [-0.25, -0.2) is 0 Å². The van der Waals surface area contributed by atoms with Crippen LogP contribution in [0.2, 0.25) is 0 Å². The van der Waals surface area contributed by atoms with E-state index < -0.39 is 0 Å². The van der Waals surface area contributed by atoms with Crippen molar-refractivity contribution in [2.75, 3.05) is 19.0 Å². The van der Waals surface area contributed by atoms with E-state index in [2.05, 4.69) is 22.1 Å². The molecule has 0 bridgehead atoms. The maximum atomic E-state index is 12.5. The number of hydrogen-bond donors (Lipinski definition) is 2. The Hall–Kier alpha value is -3.91. The van der Waals surface area contributed by atoms with Gasteiger partial charge in [-0.3, -0.25) is 4.79 Å². The topological polar surface area (TPSA) is 63.4 Å². The van der Waals surface area contributed by atoms with Crippen molar-refractivity contribution in [2.24, 2.45) is 0 Å². The first-order valence-electron chi connectivity index (χ1n) is 8.81. The maximum absolute atomic E-state index is 12.5. The summed E-state index contributed by atoms with van der Waals surface area (Å²) in [6, 6.07) is 17.0. The van der Waals surface area contributed by atoms with Crippen LogP contribution in [0.1, 0.15) is 16.8 Å². The molecule has 5 nitrogen and oxygen atoms in total. The van der Waals surface area contributed by atoms with Gasteiger partial charge in [0.15, 0.2) is 0 Å². The number of carbonyl (C=O) groups excluding carboxylic acids is 1. The highest BCUT2D eigenvalue weighted by Crippen LogP contribution is 2.36. The molecule has 0 radical (unpaired) electrons. The zero-order valence-electron chi connectivity index (χ0n) is 15.3. The Morgan fingerprint density at radius 1 is 1.07 bits per heavy atom. The molecule has 1 aromatic heterocycles. The number of amides is 1. The summed E-state index contributed by atoms with van der Waals surface area (Å²) >= 11 is 0. The molecule has 1 amide bonds. The maximum Gasteiger partial charge on any atom is 0.256 e. The van der Waals surface area contributed by atoms with Crippen molar-refractivity contribution in [3.8, 4) is 23.3 Å². The van der Waals surface area contributed by atoms with Crippen molar-refractivity contribution in [3.63, 3.8) is 0 Å². The predicted octanol–water partition coefficient (Wildman–Crippen LogP) is 3.95. The van der Waals surface area contributed by atoms with Crippen LogP contribution < -0.4 is 14.8 Å². The molecule has 2 heterocycles. The lowest BCUT2D eigenvalue weighted by Gasteiger charge is -2.03. The van der Waals surface area contributed by atoms with Crippen LogP contribution in [-0.4, -0.2) is 24.6 Å². The lowest BCUT2D eigenvalue weighted by atomic mass is 10.00. The number of ether oxygens (including phenoxy) is 2. The summed E-state index contributed by atoms with van der Waals surface area (Å²) in [4.78, 5) is 15.6. The monoisotopic (exact) mass is 370 g/mol. The number of H-pyrrole nitrogens is 1. The minimum atomic E-state index is -0.165. The summed E-state index contributed by atoms with van der Waals surface area (Å²) in [5.41, 5.74) is 3.58. The van der Waals surface area contributed by atoms with E-state index in [1.165, 1.54) is 0 Å². The SMILES string of the molecule is COc1cc[nH]c1C=C1C(=O)Nc2cccc(C#CCOc3ccccc3)c21. The van der Waals surface area contributed by atoms with Crippen molar-refractivity contribution in [3.05, 3.63) is 77.6 Å². The average Bonchev–Trinajstić information content (AvgIpc) is 3.30. The Kier molecular flexibility index (Phi) is 4.85. The van der Waals surface area contributed by atoms with Crippen LogP contribution in [-0.2, 0) is 4.79 Å². The average molecular weight is 370 g/mol.